The zero-order valence-corrected chi connectivity index (χ0v) is 12.1. The van der Waals surface area contributed by atoms with E-state index in [2.05, 4.69) is 37.2 Å². The highest BCUT2D eigenvalue weighted by atomic mass is 32.2. The van der Waals surface area contributed by atoms with Crippen molar-refractivity contribution in [1.29, 1.82) is 0 Å². The number of thioether (sulfide) groups is 1. The van der Waals surface area contributed by atoms with E-state index in [1.54, 1.807) is 0 Å². The van der Waals surface area contributed by atoms with Crippen molar-refractivity contribution in [3.05, 3.63) is 0 Å². The summed E-state index contributed by atoms with van der Waals surface area (Å²) in [5.41, 5.74) is 0. The number of rotatable bonds is 8. The fraction of sp³-hybridized carbons (Fsp3) is 1.00. The van der Waals surface area contributed by atoms with E-state index in [1.807, 2.05) is 0 Å². The van der Waals surface area contributed by atoms with Gasteiger partial charge in [0.1, 0.15) is 0 Å². The molecule has 2 heteroatoms. The lowest BCUT2D eigenvalue weighted by molar-refractivity contribution is 0.391. The van der Waals surface area contributed by atoms with Crippen LogP contribution in [0.5, 0.6) is 0 Å². The maximum absolute atomic E-state index is 3.82. The minimum atomic E-state index is 0.797. The monoisotopic (exact) mass is 243 g/mol. The van der Waals surface area contributed by atoms with Crippen LogP contribution in [-0.2, 0) is 0 Å². The molecule has 0 bridgehead atoms. The lowest BCUT2D eigenvalue weighted by Crippen LogP contribution is -2.37. The van der Waals surface area contributed by atoms with Crippen molar-refractivity contribution in [2.45, 2.75) is 70.1 Å². The van der Waals surface area contributed by atoms with E-state index < -0.39 is 0 Å². The first-order valence-electron chi connectivity index (χ1n) is 7.07. The molecule has 0 aromatic carbocycles. The SMILES string of the molecule is CCCCC(CC)CNC1CCCC1SC. The van der Waals surface area contributed by atoms with Gasteiger partial charge in [-0.15, -0.1) is 0 Å². The molecule has 0 saturated heterocycles. The Balaban J connectivity index is 2.20. The van der Waals surface area contributed by atoms with Gasteiger partial charge in [-0.05, 0) is 38.0 Å². The Labute approximate surface area is 106 Å². The van der Waals surface area contributed by atoms with Gasteiger partial charge in [-0.25, -0.2) is 0 Å². The molecule has 1 fully saturated rings. The average Bonchev–Trinajstić information content (AvgIpc) is 2.77. The maximum atomic E-state index is 3.82. The van der Waals surface area contributed by atoms with Gasteiger partial charge in [-0.1, -0.05) is 39.5 Å². The van der Waals surface area contributed by atoms with Crippen LogP contribution in [-0.4, -0.2) is 24.1 Å². The van der Waals surface area contributed by atoms with E-state index in [1.165, 1.54) is 51.5 Å². The Hall–Kier alpha value is 0.310. The molecule has 1 nitrogen and oxygen atoms in total. The summed E-state index contributed by atoms with van der Waals surface area (Å²) in [5.74, 6) is 0.906. The van der Waals surface area contributed by atoms with E-state index >= 15 is 0 Å². The van der Waals surface area contributed by atoms with E-state index in [0.717, 1.165) is 17.2 Å². The topological polar surface area (TPSA) is 12.0 Å². The van der Waals surface area contributed by atoms with Crippen LogP contribution < -0.4 is 5.32 Å². The van der Waals surface area contributed by atoms with Crippen molar-refractivity contribution >= 4 is 11.8 Å². The Morgan fingerprint density at radius 2 is 2.12 bits per heavy atom. The normalized spacial score (nSPS) is 27.2. The molecule has 0 spiro atoms. The van der Waals surface area contributed by atoms with Gasteiger partial charge in [0.2, 0.25) is 0 Å². The third-order valence-corrected chi connectivity index (χ3v) is 5.14. The third kappa shape index (κ3) is 4.67. The van der Waals surface area contributed by atoms with Gasteiger partial charge in [0.25, 0.3) is 0 Å². The highest BCUT2D eigenvalue weighted by Crippen LogP contribution is 2.28. The summed E-state index contributed by atoms with van der Waals surface area (Å²) >= 11 is 2.06. The Kier molecular flexibility index (Phi) is 7.55. The second-order valence-corrected chi connectivity index (χ2v) is 6.21. The molecule has 16 heavy (non-hydrogen) atoms. The maximum Gasteiger partial charge on any atom is 0.0198 e. The van der Waals surface area contributed by atoms with Gasteiger partial charge in [-0.2, -0.15) is 11.8 Å². The molecule has 1 saturated carbocycles. The van der Waals surface area contributed by atoms with Crippen molar-refractivity contribution in [2.75, 3.05) is 12.8 Å². The van der Waals surface area contributed by atoms with Crippen molar-refractivity contribution in [1.82, 2.24) is 5.32 Å². The fourth-order valence-corrected chi connectivity index (χ4v) is 3.67. The molecular weight excluding hydrogens is 214 g/mol. The number of nitrogens with one attached hydrogen (secondary N) is 1. The minimum absolute atomic E-state index is 0.797. The molecule has 1 aliphatic rings. The lowest BCUT2D eigenvalue weighted by Gasteiger charge is -2.23. The van der Waals surface area contributed by atoms with Crippen molar-refractivity contribution in [3.8, 4) is 0 Å². The zero-order chi connectivity index (χ0) is 11.8. The smallest absolute Gasteiger partial charge is 0.0198 e. The van der Waals surface area contributed by atoms with Crippen LogP contribution >= 0.6 is 11.8 Å². The van der Waals surface area contributed by atoms with E-state index in [-0.39, 0.29) is 0 Å². The highest BCUT2D eigenvalue weighted by Gasteiger charge is 2.26. The van der Waals surface area contributed by atoms with Gasteiger partial charge in [-0.3, -0.25) is 0 Å². The summed E-state index contributed by atoms with van der Waals surface area (Å²) in [7, 11) is 0. The summed E-state index contributed by atoms with van der Waals surface area (Å²) in [6.45, 7) is 5.88. The highest BCUT2D eigenvalue weighted by molar-refractivity contribution is 7.99. The van der Waals surface area contributed by atoms with Gasteiger partial charge < -0.3 is 5.32 Å². The molecular formula is C14H29NS. The van der Waals surface area contributed by atoms with E-state index in [9.17, 15) is 0 Å². The first-order valence-corrected chi connectivity index (χ1v) is 8.36. The zero-order valence-electron chi connectivity index (χ0n) is 11.3. The largest absolute Gasteiger partial charge is 0.313 e. The predicted octanol–water partition coefficient (Wildman–Crippen LogP) is 4.08. The summed E-state index contributed by atoms with van der Waals surface area (Å²) in [5, 5.41) is 4.70. The van der Waals surface area contributed by atoms with Gasteiger partial charge >= 0.3 is 0 Å². The average molecular weight is 243 g/mol. The summed E-state index contributed by atoms with van der Waals surface area (Å²) in [6, 6.07) is 0.797. The van der Waals surface area contributed by atoms with Crippen molar-refractivity contribution in [3.63, 3.8) is 0 Å². The standard InChI is InChI=1S/C14H29NS/c1-4-6-8-12(5-2)11-15-13-9-7-10-14(13)16-3/h12-15H,4-11H2,1-3H3. The van der Waals surface area contributed by atoms with Crippen LogP contribution in [0.4, 0.5) is 0 Å². The van der Waals surface area contributed by atoms with Crippen LogP contribution in [0.1, 0.15) is 58.8 Å². The number of hydrogen-bond donors (Lipinski definition) is 1. The quantitative estimate of drug-likeness (QED) is 0.689. The molecule has 0 aromatic heterocycles. The number of unbranched alkanes of at least 4 members (excludes halogenated alkanes) is 1. The molecule has 0 aliphatic heterocycles. The van der Waals surface area contributed by atoms with Gasteiger partial charge in [0.15, 0.2) is 0 Å². The second-order valence-electron chi connectivity index (χ2n) is 5.14. The summed E-state index contributed by atoms with van der Waals surface area (Å²) < 4.78 is 0. The van der Waals surface area contributed by atoms with Crippen LogP contribution in [0.2, 0.25) is 0 Å². The Morgan fingerprint density at radius 3 is 2.75 bits per heavy atom. The molecule has 1 rings (SSSR count). The molecule has 3 unspecified atom stereocenters. The van der Waals surface area contributed by atoms with Crippen LogP contribution in [0, 0.1) is 5.92 Å². The van der Waals surface area contributed by atoms with Crippen LogP contribution in [0.3, 0.4) is 0 Å². The second kappa shape index (κ2) is 8.41. The molecule has 0 heterocycles. The number of hydrogen-bond acceptors (Lipinski definition) is 2. The molecule has 0 radical (unpaired) electrons. The third-order valence-electron chi connectivity index (χ3n) is 3.97. The molecule has 3 atom stereocenters. The van der Waals surface area contributed by atoms with E-state index in [4.69, 9.17) is 0 Å². The lowest BCUT2D eigenvalue weighted by atomic mass is 9.99. The van der Waals surface area contributed by atoms with E-state index in [0.29, 0.717) is 0 Å². The fourth-order valence-electron chi connectivity index (χ4n) is 2.70. The molecule has 0 amide bonds. The first kappa shape index (κ1) is 14.4. The molecule has 1 aliphatic carbocycles. The van der Waals surface area contributed by atoms with Crippen molar-refractivity contribution in [2.24, 2.45) is 5.92 Å². The van der Waals surface area contributed by atoms with Crippen LogP contribution in [0.25, 0.3) is 0 Å². The molecule has 1 N–H and O–H groups in total. The summed E-state index contributed by atoms with van der Waals surface area (Å²) in [4.78, 5) is 0. The van der Waals surface area contributed by atoms with Crippen molar-refractivity contribution < 1.29 is 0 Å². The van der Waals surface area contributed by atoms with Gasteiger partial charge in [0.05, 0.1) is 0 Å². The van der Waals surface area contributed by atoms with Gasteiger partial charge in [0, 0.05) is 11.3 Å². The Bertz CT molecular complexity index is 172. The Morgan fingerprint density at radius 1 is 1.31 bits per heavy atom. The molecule has 96 valence electrons. The first-order chi connectivity index (χ1) is 7.81. The summed E-state index contributed by atoms with van der Waals surface area (Å²) in [6.07, 6.45) is 12.0. The predicted molar refractivity (Wildman–Crippen MR) is 76.3 cm³/mol. The molecule has 0 aromatic rings. The van der Waals surface area contributed by atoms with Crippen LogP contribution in [0.15, 0.2) is 0 Å². The minimum Gasteiger partial charge on any atom is -0.313 e.